The van der Waals surface area contributed by atoms with Gasteiger partial charge in [0, 0.05) is 67.2 Å². The second-order valence-electron chi connectivity index (χ2n) is 14.9. The van der Waals surface area contributed by atoms with E-state index in [1.165, 1.54) is 54.6 Å². The van der Waals surface area contributed by atoms with Crippen molar-refractivity contribution in [3.05, 3.63) is 129 Å². The first-order chi connectivity index (χ1) is 32.9. The third kappa shape index (κ3) is 15.0. The molecule has 0 aliphatic rings. The van der Waals surface area contributed by atoms with Crippen LogP contribution in [0.25, 0.3) is 0 Å². The molecule has 5 aromatic rings. The Balaban J connectivity index is 1.27. The van der Waals surface area contributed by atoms with Gasteiger partial charge in [0.2, 0.25) is 12.1 Å². The smallest absolute Gasteiger partial charge is 0.258 e. The fraction of sp³-hybridized carbons (Fsp3) is 0.250. The topological polar surface area (TPSA) is 218 Å². The van der Waals surface area contributed by atoms with Crippen molar-refractivity contribution >= 4 is 127 Å². The highest BCUT2D eigenvalue weighted by Gasteiger charge is 2.27. The standard InChI is InChI=1S/C48H45Cl5N8O8/c1-6-68-41-21-35(10-8-28(41)23-49)54-45(64)30-14-32(52)18-37(16-30)58-60-43(26(4)62)47(66)56-34-12-13-40(39(20-34)25(3)51)57-48(67)44(27(5)63)61-59-38-17-31(15-33(53)19-38)46(65)55-36-11-9-29(24-50)42(22-36)69-7-2/h8-22,25,43-44H,6-7,23-24H2,1-5H3,(H,54,64)(H,55,65)(H,56,66)(H,57,67). The van der Waals surface area contributed by atoms with E-state index in [9.17, 15) is 28.8 Å². The molecule has 16 nitrogen and oxygen atoms in total. The van der Waals surface area contributed by atoms with Crippen LogP contribution in [0, 0.1) is 0 Å². The van der Waals surface area contributed by atoms with Gasteiger partial charge in [-0.1, -0.05) is 35.3 Å². The molecule has 0 aliphatic heterocycles. The Hall–Kier alpha value is -6.43. The van der Waals surface area contributed by atoms with Crippen molar-refractivity contribution in [2.45, 2.75) is 63.8 Å². The number of ether oxygens (including phenoxy) is 2. The number of amides is 4. The van der Waals surface area contributed by atoms with Crippen molar-refractivity contribution in [2.75, 3.05) is 34.5 Å². The second kappa shape index (κ2) is 25.3. The van der Waals surface area contributed by atoms with E-state index in [4.69, 9.17) is 67.5 Å². The van der Waals surface area contributed by atoms with Crippen LogP contribution in [-0.2, 0) is 30.9 Å². The number of anilines is 4. The first kappa shape index (κ1) is 53.5. The van der Waals surface area contributed by atoms with Gasteiger partial charge in [0.15, 0.2) is 11.6 Å². The first-order valence-corrected chi connectivity index (χ1v) is 23.3. The van der Waals surface area contributed by atoms with Gasteiger partial charge >= 0.3 is 0 Å². The van der Waals surface area contributed by atoms with Crippen LogP contribution in [0.2, 0.25) is 10.0 Å². The molecule has 0 radical (unpaired) electrons. The van der Waals surface area contributed by atoms with Crippen LogP contribution in [0.1, 0.15) is 77.4 Å². The average molecular weight is 1040 g/mol. The van der Waals surface area contributed by atoms with Crippen molar-refractivity contribution in [2.24, 2.45) is 20.5 Å². The average Bonchev–Trinajstić information content (AvgIpc) is 3.29. The molecule has 0 aliphatic carbocycles. The lowest BCUT2D eigenvalue weighted by Gasteiger charge is -2.17. The summed E-state index contributed by atoms with van der Waals surface area (Å²) in [5.74, 6) is -2.59. The lowest BCUT2D eigenvalue weighted by molar-refractivity contribution is -0.127. The molecule has 0 fully saturated rings. The summed E-state index contributed by atoms with van der Waals surface area (Å²) in [7, 11) is 0. The van der Waals surface area contributed by atoms with E-state index < -0.39 is 52.7 Å². The van der Waals surface area contributed by atoms with Crippen molar-refractivity contribution in [3.63, 3.8) is 0 Å². The Morgan fingerprint density at radius 2 is 0.986 bits per heavy atom. The fourth-order valence-corrected chi connectivity index (χ4v) is 7.46. The van der Waals surface area contributed by atoms with E-state index in [1.54, 1.807) is 43.3 Å². The lowest BCUT2D eigenvalue weighted by atomic mass is 10.1. The number of carbonyl (C=O) groups is 6. The zero-order valence-corrected chi connectivity index (χ0v) is 41.4. The molecule has 3 unspecified atom stereocenters. The molecular formula is C48H45Cl5N8O8. The first-order valence-electron chi connectivity index (χ1n) is 21.0. The molecule has 0 saturated heterocycles. The minimum Gasteiger partial charge on any atom is -0.493 e. The molecule has 21 heteroatoms. The molecule has 0 aromatic heterocycles. The maximum absolute atomic E-state index is 13.5. The highest BCUT2D eigenvalue weighted by Crippen LogP contribution is 2.32. The van der Waals surface area contributed by atoms with Crippen LogP contribution in [0.5, 0.6) is 11.5 Å². The Kier molecular flexibility index (Phi) is 19.6. The number of benzene rings is 5. The number of carbonyl (C=O) groups excluding carboxylic acids is 6. The number of alkyl halides is 3. The predicted molar refractivity (Wildman–Crippen MR) is 269 cm³/mol. The minimum absolute atomic E-state index is 0.0836. The third-order valence-corrected chi connectivity index (χ3v) is 10.9. The maximum Gasteiger partial charge on any atom is 0.258 e. The third-order valence-electron chi connectivity index (χ3n) is 9.68. The van der Waals surface area contributed by atoms with Crippen molar-refractivity contribution < 1.29 is 38.2 Å². The molecule has 4 N–H and O–H groups in total. The highest BCUT2D eigenvalue weighted by atomic mass is 35.5. The van der Waals surface area contributed by atoms with E-state index >= 15 is 0 Å². The summed E-state index contributed by atoms with van der Waals surface area (Å²) in [5.41, 5.74) is 3.48. The molecular weight excluding hydrogens is 994 g/mol. The zero-order valence-electron chi connectivity index (χ0n) is 37.7. The van der Waals surface area contributed by atoms with Gasteiger partial charge in [-0.3, -0.25) is 28.8 Å². The largest absolute Gasteiger partial charge is 0.493 e. The molecule has 69 heavy (non-hydrogen) atoms. The summed E-state index contributed by atoms with van der Waals surface area (Å²) in [4.78, 5) is 78.9. The van der Waals surface area contributed by atoms with Gasteiger partial charge in [0.25, 0.3) is 23.6 Å². The van der Waals surface area contributed by atoms with Gasteiger partial charge in [0.1, 0.15) is 11.5 Å². The van der Waals surface area contributed by atoms with Gasteiger partial charge in [-0.2, -0.15) is 20.5 Å². The molecule has 0 spiro atoms. The van der Waals surface area contributed by atoms with E-state index in [-0.39, 0.29) is 55.7 Å². The number of hydrogen-bond donors (Lipinski definition) is 4. The van der Waals surface area contributed by atoms with E-state index in [2.05, 4.69) is 41.7 Å². The number of halogens is 5. The zero-order chi connectivity index (χ0) is 50.4. The van der Waals surface area contributed by atoms with E-state index in [0.29, 0.717) is 41.7 Å². The molecule has 360 valence electrons. The predicted octanol–water partition coefficient (Wildman–Crippen LogP) is 12.4. The van der Waals surface area contributed by atoms with Crippen molar-refractivity contribution in [1.29, 1.82) is 0 Å². The summed E-state index contributed by atoms with van der Waals surface area (Å²) in [6.45, 7) is 8.37. The van der Waals surface area contributed by atoms with Gasteiger partial charge in [0.05, 0.1) is 41.7 Å². The summed E-state index contributed by atoms with van der Waals surface area (Å²) >= 11 is 31.2. The maximum atomic E-state index is 13.5. The Labute approximate surface area is 422 Å². The molecule has 5 rings (SSSR count). The number of Topliss-reactive ketones (excluding diaryl/α,β-unsaturated/α-hetero) is 2. The molecule has 0 heterocycles. The van der Waals surface area contributed by atoms with Crippen LogP contribution in [0.3, 0.4) is 0 Å². The number of hydrogen-bond acceptors (Lipinski definition) is 12. The summed E-state index contributed by atoms with van der Waals surface area (Å²) in [5, 5.41) is 26.4. The van der Waals surface area contributed by atoms with Crippen LogP contribution in [-0.4, -0.2) is 60.5 Å². The Morgan fingerprint density at radius 1 is 0.565 bits per heavy atom. The normalized spacial score (nSPS) is 12.5. The number of nitrogens with one attached hydrogen (secondary N) is 4. The van der Waals surface area contributed by atoms with E-state index in [0.717, 1.165) is 25.0 Å². The van der Waals surface area contributed by atoms with Crippen molar-refractivity contribution in [1.82, 2.24) is 0 Å². The number of rotatable bonds is 21. The van der Waals surface area contributed by atoms with Crippen LogP contribution >= 0.6 is 58.0 Å². The molecule has 3 atom stereocenters. The monoisotopic (exact) mass is 1040 g/mol. The SMILES string of the molecule is CCOc1cc(NC(=O)c2cc(Cl)cc(N=NC(C(C)=O)C(=O)Nc3ccc(NC(=O)C(N=Nc4cc(Cl)cc(C(=O)Nc5ccc(CCl)c(OCC)c5)c4)C(C)=O)c(C(C)Cl)c3)c2)ccc1CCl. The van der Waals surface area contributed by atoms with Crippen LogP contribution in [0.15, 0.2) is 111 Å². The lowest BCUT2D eigenvalue weighted by Crippen LogP contribution is -2.32. The second-order valence-corrected chi connectivity index (χ2v) is 17.0. The summed E-state index contributed by atoms with van der Waals surface area (Å²) in [6, 6.07) is 19.6. The van der Waals surface area contributed by atoms with Gasteiger partial charge in [-0.15, -0.1) is 34.8 Å². The quantitative estimate of drug-likeness (QED) is 0.0314. The van der Waals surface area contributed by atoms with E-state index in [1.807, 2.05) is 13.8 Å². The summed E-state index contributed by atoms with van der Waals surface area (Å²) in [6.07, 6.45) is 0. The summed E-state index contributed by atoms with van der Waals surface area (Å²) < 4.78 is 11.3. The number of azo groups is 2. The fourth-order valence-electron chi connectivity index (χ4n) is 6.38. The molecule has 4 amide bonds. The highest BCUT2D eigenvalue weighted by molar-refractivity contribution is 6.32. The van der Waals surface area contributed by atoms with Gasteiger partial charge in [-0.25, -0.2) is 0 Å². The number of nitrogens with zero attached hydrogens (tertiary/aromatic N) is 4. The number of ketones is 2. The van der Waals surface area contributed by atoms with Crippen molar-refractivity contribution in [3.8, 4) is 11.5 Å². The molecule has 0 saturated carbocycles. The van der Waals surface area contributed by atoms with Crippen LogP contribution < -0.4 is 30.7 Å². The van der Waals surface area contributed by atoms with Crippen LogP contribution in [0.4, 0.5) is 34.1 Å². The Morgan fingerprint density at radius 3 is 1.39 bits per heavy atom. The van der Waals surface area contributed by atoms with Gasteiger partial charge in [-0.05, 0) is 107 Å². The molecule has 5 aromatic carbocycles. The molecule has 0 bridgehead atoms. The Bertz CT molecular complexity index is 2820. The minimum atomic E-state index is -1.63. The van der Waals surface area contributed by atoms with Gasteiger partial charge < -0.3 is 30.7 Å².